The number of hydrogen-bond acceptors (Lipinski definition) is 3. The lowest BCUT2D eigenvalue weighted by Crippen LogP contribution is -2.48. The molecule has 5 rings (SSSR count). The molecule has 1 aliphatic carbocycles. The molecule has 2 bridgehead atoms. The number of esters is 1. The van der Waals surface area contributed by atoms with Gasteiger partial charge in [-0.25, -0.2) is 4.79 Å². The maximum absolute atomic E-state index is 12.2. The van der Waals surface area contributed by atoms with Crippen molar-refractivity contribution < 1.29 is 9.53 Å². The Labute approximate surface area is 158 Å². The molecule has 2 saturated heterocycles. The number of ether oxygens (including phenoxy) is 1. The molecule has 0 unspecified atom stereocenters. The van der Waals surface area contributed by atoms with Crippen LogP contribution in [-0.4, -0.2) is 35.1 Å². The smallest absolute Gasteiger partial charge is 0.332 e. The highest BCUT2D eigenvalue weighted by atomic mass is 79.9. The average molecular weight is 451 g/mol. The average Bonchev–Trinajstić information content (AvgIpc) is 3.02. The SMILES string of the molecule is O=C1C=C2C(c3cc(Br)cc(Br)c3)=C[C@@H]3C[C@@]2(O1)[C@H]1CCCCN31. The predicted molar refractivity (Wildman–Crippen MR) is 99.5 cm³/mol. The van der Waals surface area contributed by atoms with Gasteiger partial charge >= 0.3 is 5.97 Å². The molecule has 1 spiro atoms. The van der Waals surface area contributed by atoms with Crippen molar-refractivity contribution in [3.05, 3.63) is 50.4 Å². The van der Waals surface area contributed by atoms with Crippen molar-refractivity contribution in [1.82, 2.24) is 4.90 Å². The van der Waals surface area contributed by atoms with Gasteiger partial charge in [0, 0.05) is 33.1 Å². The maximum atomic E-state index is 12.2. The Morgan fingerprint density at radius 2 is 1.96 bits per heavy atom. The standard InChI is InChI=1S/C19H17Br2NO2/c20-12-5-11(6-13(21)7-12)15-8-14-10-19(16(15)9-18(23)24-19)17-3-1-2-4-22(14)17/h5-9,14,17H,1-4,10H2/t14-,17-,19+/m1/s1. The van der Waals surface area contributed by atoms with Crippen LogP contribution >= 0.6 is 31.9 Å². The van der Waals surface area contributed by atoms with Gasteiger partial charge in [0.05, 0.1) is 6.04 Å². The van der Waals surface area contributed by atoms with Gasteiger partial charge in [-0.15, -0.1) is 0 Å². The van der Waals surface area contributed by atoms with E-state index in [1.807, 2.05) is 6.07 Å². The van der Waals surface area contributed by atoms with Gasteiger partial charge in [-0.1, -0.05) is 44.4 Å². The van der Waals surface area contributed by atoms with E-state index in [1.165, 1.54) is 12.8 Å². The van der Waals surface area contributed by atoms with Gasteiger partial charge in [0.25, 0.3) is 0 Å². The second kappa shape index (κ2) is 5.29. The lowest BCUT2D eigenvalue weighted by atomic mass is 9.75. The lowest BCUT2D eigenvalue weighted by molar-refractivity contribution is -0.148. The summed E-state index contributed by atoms with van der Waals surface area (Å²) in [5, 5.41) is 0. The van der Waals surface area contributed by atoms with E-state index >= 15 is 0 Å². The first-order valence-corrected chi connectivity index (χ1v) is 10.0. The number of hydrogen-bond donors (Lipinski definition) is 0. The van der Waals surface area contributed by atoms with Crippen LogP contribution in [0.4, 0.5) is 0 Å². The van der Waals surface area contributed by atoms with Crippen molar-refractivity contribution in [3.8, 4) is 0 Å². The molecule has 0 aromatic heterocycles. The Morgan fingerprint density at radius 3 is 2.75 bits per heavy atom. The quantitative estimate of drug-likeness (QED) is 0.591. The van der Waals surface area contributed by atoms with Gasteiger partial charge in [0.1, 0.15) is 0 Å². The Balaban J connectivity index is 1.69. The summed E-state index contributed by atoms with van der Waals surface area (Å²) in [7, 11) is 0. The Kier molecular flexibility index (Phi) is 3.39. The largest absolute Gasteiger partial charge is 0.449 e. The second-order valence-electron chi connectivity index (χ2n) is 7.13. The number of fused-ring (bicyclic) bond motifs is 3. The summed E-state index contributed by atoms with van der Waals surface area (Å²) in [6.07, 6.45) is 8.57. The third-order valence-corrected chi connectivity index (χ3v) is 6.76. The molecule has 124 valence electrons. The number of rotatable bonds is 1. The molecule has 2 fully saturated rings. The van der Waals surface area contributed by atoms with Crippen molar-refractivity contribution in [2.75, 3.05) is 6.54 Å². The molecule has 5 heteroatoms. The predicted octanol–water partition coefficient (Wildman–Crippen LogP) is 4.46. The van der Waals surface area contributed by atoms with Crippen LogP contribution in [-0.2, 0) is 9.53 Å². The van der Waals surface area contributed by atoms with E-state index in [9.17, 15) is 4.79 Å². The summed E-state index contributed by atoms with van der Waals surface area (Å²) < 4.78 is 8.05. The fraction of sp³-hybridized carbons (Fsp3) is 0.421. The molecule has 3 heterocycles. The van der Waals surface area contributed by atoms with Crippen molar-refractivity contribution in [3.63, 3.8) is 0 Å². The van der Waals surface area contributed by atoms with Crippen molar-refractivity contribution in [2.24, 2.45) is 0 Å². The molecule has 1 aromatic carbocycles. The molecule has 3 nitrogen and oxygen atoms in total. The van der Waals surface area contributed by atoms with Crippen molar-refractivity contribution in [2.45, 2.75) is 43.4 Å². The molecule has 3 atom stereocenters. The fourth-order valence-corrected chi connectivity index (χ4v) is 6.32. The van der Waals surface area contributed by atoms with Crippen molar-refractivity contribution >= 4 is 43.4 Å². The normalized spacial score (nSPS) is 34.3. The van der Waals surface area contributed by atoms with E-state index in [0.29, 0.717) is 12.1 Å². The molecular formula is C19H17Br2NO2. The topological polar surface area (TPSA) is 29.5 Å². The van der Waals surface area contributed by atoms with Crippen molar-refractivity contribution in [1.29, 1.82) is 0 Å². The highest BCUT2D eigenvalue weighted by Gasteiger charge is 2.61. The highest BCUT2D eigenvalue weighted by molar-refractivity contribution is 9.11. The maximum Gasteiger partial charge on any atom is 0.332 e. The third-order valence-electron chi connectivity index (χ3n) is 5.84. The van der Waals surface area contributed by atoms with Gasteiger partial charge in [-0.3, -0.25) is 4.90 Å². The lowest BCUT2D eigenvalue weighted by Gasteiger charge is -2.38. The van der Waals surface area contributed by atoms with Crippen LogP contribution < -0.4 is 0 Å². The zero-order valence-electron chi connectivity index (χ0n) is 13.1. The first kappa shape index (κ1) is 15.4. The van der Waals surface area contributed by atoms with Gasteiger partial charge < -0.3 is 4.74 Å². The molecule has 0 radical (unpaired) electrons. The molecule has 4 aliphatic rings. The van der Waals surface area contributed by atoms with Crippen LogP contribution in [0.25, 0.3) is 5.57 Å². The minimum Gasteiger partial charge on any atom is -0.449 e. The molecule has 0 amide bonds. The molecular weight excluding hydrogens is 434 g/mol. The van der Waals surface area contributed by atoms with Gasteiger partial charge in [0.2, 0.25) is 0 Å². The van der Waals surface area contributed by atoms with E-state index in [-0.39, 0.29) is 5.97 Å². The minimum atomic E-state index is -0.430. The summed E-state index contributed by atoms with van der Waals surface area (Å²) in [6.45, 7) is 1.11. The third kappa shape index (κ3) is 2.07. The van der Waals surface area contributed by atoms with E-state index in [1.54, 1.807) is 6.08 Å². The summed E-state index contributed by atoms with van der Waals surface area (Å²) in [6, 6.07) is 6.98. The van der Waals surface area contributed by atoms with E-state index in [2.05, 4.69) is 55.0 Å². The Bertz CT molecular complexity index is 795. The number of carbonyl (C=O) groups is 1. The zero-order valence-corrected chi connectivity index (χ0v) is 16.3. The first-order chi connectivity index (χ1) is 11.6. The summed E-state index contributed by atoms with van der Waals surface area (Å²) in [4.78, 5) is 14.8. The van der Waals surface area contributed by atoms with Gasteiger partial charge in [-0.2, -0.15) is 0 Å². The highest BCUT2D eigenvalue weighted by Crippen LogP contribution is 2.55. The van der Waals surface area contributed by atoms with E-state index in [4.69, 9.17) is 4.74 Å². The van der Waals surface area contributed by atoms with Crippen LogP contribution in [0.2, 0.25) is 0 Å². The minimum absolute atomic E-state index is 0.182. The van der Waals surface area contributed by atoms with E-state index < -0.39 is 5.60 Å². The van der Waals surface area contributed by atoms with Gasteiger partial charge in [0.15, 0.2) is 5.60 Å². The molecule has 1 aromatic rings. The second-order valence-corrected chi connectivity index (χ2v) is 8.96. The van der Waals surface area contributed by atoms with Crippen LogP contribution in [0, 0.1) is 0 Å². The van der Waals surface area contributed by atoms with Gasteiger partial charge in [-0.05, 0) is 48.7 Å². The molecule has 0 N–H and O–H groups in total. The van der Waals surface area contributed by atoms with Crippen LogP contribution in [0.1, 0.15) is 31.2 Å². The molecule has 3 aliphatic heterocycles. The number of benzene rings is 1. The van der Waals surface area contributed by atoms with Crippen LogP contribution in [0.15, 0.2) is 44.9 Å². The number of piperidine rings is 1. The number of carbonyl (C=O) groups excluding carboxylic acids is 1. The summed E-state index contributed by atoms with van der Waals surface area (Å²) in [5.41, 5.74) is 2.95. The summed E-state index contributed by atoms with van der Waals surface area (Å²) in [5.74, 6) is -0.182. The molecule has 24 heavy (non-hydrogen) atoms. The Morgan fingerprint density at radius 1 is 1.17 bits per heavy atom. The fourth-order valence-electron chi connectivity index (χ4n) is 5.02. The van der Waals surface area contributed by atoms with Crippen LogP contribution in [0.3, 0.4) is 0 Å². The van der Waals surface area contributed by atoms with Crippen LogP contribution in [0.5, 0.6) is 0 Å². The first-order valence-electron chi connectivity index (χ1n) is 8.46. The summed E-state index contributed by atoms with van der Waals surface area (Å²) >= 11 is 7.17. The molecule has 0 saturated carbocycles. The zero-order chi connectivity index (χ0) is 16.5. The monoisotopic (exact) mass is 449 g/mol. The van der Waals surface area contributed by atoms with E-state index in [0.717, 1.165) is 45.0 Å². The Hall–Kier alpha value is -0.910. The number of halogens is 2. The number of nitrogens with zero attached hydrogens (tertiary/aromatic N) is 1.